The zero-order valence-corrected chi connectivity index (χ0v) is 18.1. The molecule has 0 bridgehead atoms. The third-order valence-corrected chi connectivity index (χ3v) is 6.43. The number of benzene rings is 1. The number of ether oxygens (including phenoxy) is 1. The van der Waals surface area contributed by atoms with Crippen molar-refractivity contribution in [3.05, 3.63) is 29.8 Å². The molecule has 1 aromatic carbocycles. The molecule has 1 heterocycles. The lowest BCUT2D eigenvalue weighted by Gasteiger charge is -2.16. The molecule has 158 valence electrons. The molecule has 1 saturated heterocycles. The van der Waals surface area contributed by atoms with Gasteiger partial charge in [-0.15, -0.1) is 0 Å². The number of sulfonamides is 1. The van der Waals surface area contributed by atoms with E-state index < -0.39 is 10.0 Å². The molecule has 0 radical (unpaired) electrons. The van der Waals surface area contributed by atoms with Crippen molar-refractivity contribution in [3.63, 3.8) is 0 Å². The second-order valence-electron chi connectivity index (χ2n) is 7.43. The van der Waals surface area contributed by atoms with Crippen LogP contribution in [0.1, 0.15) is 38.7 Å². The van der Waals surface area contributed by atoms with Gasteiger partial charge in [0.15, 0.2) is 5.96 Å². The highest BCUT2D eigenvalue weighted by Gasteiger charge is 2.26. The Bertz CT molecular complexity index is 711. The van der Waals surface area contributed by atoms with Crippen molar-refractivity contribution in [2.45, 2.75) is 44.6 Å². The fraction of sp³-hybridized carbons (Fsp3) is 0.650. The molecule has 2 N–H and O–H groups in total. The van der Waals surface area contributed by atoms with Gasteiger partial charge in [-0.05, 0) is 42.9 Å². The summed E-state index contributed by atoms with van der Waals surface area (Å²) in [5.74, 6) is 1.27. The molecule has 7 nitrogen and oxygen atoms in total. The van der Waals surface area contributed by atoms with E-state index in [0.29, 0.717) is 30.4 Å². The first kappa shape index (κ1) is 22.6. The van der Waals surface area contributed by atoms with Crippen LogP contribution in [0.4, 0.5) is 0 Å². The Hall–Kier alpha value is -1.64. The number of rotatable bonds is 10. The molecule has 0 aromatic heterocycles. The lowest BCUT2D eigenvalue weighted by molar-refractivity contribution is 0.108. The van der Waals surface area contributed by atoms with E-state index in [9.17, 15) is 8.42 Å². The van der Waals surface area contributed by atoms with Crippen molar-refractivity contribution in [2.24, 2.45) is 10.9 Å². The summed E-state index contributed by atoms with van der Waals surface area (Å²) in [5, 5.41) is 6.50. The van der Waals surface area contributed by atoms with Gasteiger partial charge < -0.3 is 15.4 Å². The highest BCUT2D eigenvalue weighted by Crippen LogP contribution is 2.21. The number of hydrogen-bond donors (Lipinski definition) is 2. The van der Waals surface area contributed by atoms with E-state index in [2.05, 4.69) is 29.5 Å². The van der Waals surface area contributed by atoms with Crippen molar-refractivity contribution in [1.82, 2.24) is 14.9 Å². The van der Waals surface area contributed by atoms with Crippen LogP contribution in [0.2, 0.25) is 0 Å². The summed E-state index contributed by atoms with van der Waals surface area (Å²) in [4.78, 5) is 4.57. The van der Waals surface area contributed by atoms with E-state index in [1.807, 2.05) is 12.1 Å². The summed E-state index contributed by atoms with van der Waals surface area (Å²) in [5.41, 5.74) is 1.00. The Morgan fingerprint density at radius 2 is 1.86 bits per heavy atom. The highest BCUT2D eigenvalue weighted by atomic mass is 32.2. The quantitative estimate of drug-likeness (QED) is 0.351. The van der Waals surface area contributed by atoms with Gasteiger partial charge in [-0.2, -0.15) is 4.31 Å². The summed E-state index contributed by atoms with van der Waals surface area (Å²) in [6.45, 7) is 8.40. The van der Waals surface area contributed by atoms with Crippen LogP contribution in [0.25, 0.3) is 0 Å². The zero-order valence-electron chi connectivity index (χ0n) is 17.3. The van der Waals surface area contributed by atoms with Gasteiger partial charge in [-0.25, -0.2) is 8.42 Å². The maximum atomic E-state index is 12.6. The predicted octanol–water partition coefficient (Wildman–Crippen LogP) is 2.20. The van der Waals surface area contributed by atoms with Crippen LogP contribution in [0.3, 0.4) is 0 Å². The number of hydrogen-bond acceptors (Lipinski definition) is 4. The average molecular weight is 411 g/mol. The van der Waals surface area contributed by atoms with Crippen LogP contribution < -0.4 is 10.6 Å². The molecule has 0 atom stereocenters. The van der Waals surface area contributed by atoms with Gasteiger partial charge in [0.05, 0.1) is 4.90 Å². The molecular formula is C20H34N4O3S. The molecule has 1 aliphatic heterocycles. The molecule has 0 saturated carbocycles. The largest absolute Gasteiger partial charge is 0.381 e. The maximum absolute atomic E-state index is 12.6. The Morgan fingerprint density at radius 3 is 2.46 bits per heavy atom. The lowest BCUT2D eigenvalue weighted by Crippen LogP contribution is -2.37. The fourth-order valence-corrected chi connectivity index (χ4v) is 4.48. The van der Waals surface area contributed by atoms with E-state index in [1.54, 1.807) is 23.5 Å². The summed E-state index contributed by atoms with van der Waals surface area (Å²) < 4.78 is 32.2. The van der Waals surface area contributed by atoms with Crippen LogP contribution in [0.15, 0.2) is 34.2 Å². The normalized spacial score (nSPS) is 15.9. The highest BCUT2D eigenvalue weighted by molar-refractivity contribution is 7.89. The molecule has 0 aliphatic carbocycles. The van der Waals surface area contributed by atoms with Crippen LogP contribution in [-0.4, -0.2) is 58.6 Å². The van der Waals surface area contributed by atoms with Crippen molar-refractivity contribution >= 4 is 16.0 Å². The number of guanidine groups is 1. The van der Waals surface area contributed by atoms with Crippen LogP contribution in [-0.2, 0) is 21.3 Å². The summed E-state index contributed by atoms with van der Waals surface area (Å²) >= 11 is 0. The van der Waals surface area contributed by atoms with Gasteiger partial charge in [0.25, 0.3) is 0 Å². The predicted molar refractivity (Wildman–Crippen MR) is 113 cm³/mol. The minimum atomic E-state index is -3.35. The van der Waals surface area contributed by atoms with Gasteiger partial charge in [-0.1, -0.05) is 26.0 Å². The van der Waals surface area contributed by atoms with E-state index in [4.69, 9.17) is 4.74 Å². The molecule has 8 heteroatoms. The lowest BCUT2D eigenvalue weighted by atomic mass is 10.2. The number of nitrogens with zero attached hydrogens (tertiary/aromatic N) is 2. The second-order valence-corrected chi connectivity index (χ2v) is 9.37. The Kier molecular flexibility index (Phi) is 9.21. The molecule has 28 heavy (non-hydrogen) atoms. The molecule has 1 aliphatic rings. The maximum Gasteiger partial charge on any atom is 0.243 e. The van der Waals surface area contributed by atoms with Crippen molar-refractivity contribution in [2.75, 3.05) is 39.9 Å². The molecule has 0 unspecified atom stereocenters. The first-order chi connectivity index (χ1) is 13.4. The van der Waals surface area contributed by atoms with Crippen molar-refractivity contribution < 1.29 is 13.2 Å². The van der Waals surface area contributed by atoms with Gasteiger partial charge in [0.1, 0.15) is 0 Å². The van der Waals surface area contributed by atoms with E-state index >= 15 is 0 Å². The first-order valence-corrected chi connectivity index (χ1v) is 11.5. The molecular weight excluding hydrogens is 376 g/mol. The Labute approximate surface area is 169 Å². The summed E-state index contributed by atoms with van der Waals surface area (Å²) in [6, 6.07) is 7.08. The van der Waals surface area contributed by atoms with Crippen LogP contribution in [0.5, 0.6) is 0 Å². The smallest absolute Gasteiger partial charge is 0.243 e. The Morgan fingerprint density at radius 1 is 1.18 bits per heavy atom. The standard InChI is InChI=1S/C20H34N4O3S/c1-17(2)16-27-14-6-11-22-20(21-3)23-15-18-7-9-19(10-8-18)28(25,26)24-12-4-5-13-24/h7-10,17H,4-6,11-16H2,1-3H3,(H2,21,22,23). The van der Waals surface area contributed by atoms with Gasteiger partial charge in [0, 0.05) is 46.4 Å². The molecule has 1 aromatic rings. The topological polar surface area (TPSA) is 83.0 Å². The molecule has 0 amide bonds. The summed E-state index contributed by atoms with van der Waals surface area (Å²) in [6.07, 6.45) is 2.80. The minimum absolute atomic E-state index is 0.363. The average Bonchev–Trinajstić information content (AvgIpc) is 3.22. The zero-order chi connectivity index (χ0) is 20.4. The van der Waals surface area contributed by atoms with E-state index in [0.717, 1.165) is 50.5 Å². The van der Waals surface area contributed by atoms with Gasteiger partial charge in [-0.3, -0.25) is 4.99 Å². The van der Waals surface area contributed by atoms with E-state index in [1.165, 1.54) is 0 Å². The van der Waals surface area contributed by atoms with Crippen LogP contribution in [0, 0.1) is 5.92 Å². The fourth-order valence-electron chi connectivity index (χ4n) is 2.96. The monoisotopic (exact) mass is 410 g/mol. The molecule has 0 spiro atoms. The SMILES string of the molecule is CN=C(NCCCOCC(C)C)NCc1ccc(S(=O)(=O)N2CCCC2)cc1. The van der Waals surface area contributed by atoms with Gasteiger partial charge >= 0.3 is 0 Å². The molecule has 1 fully saturated rings. The van der Waals surface area contributed by atoms with Crippen molar-refractivity contribution in [3.8, 4) is 0 Å². The van der Waals surface area contributed by atoms with Crippen molar-refractivity contribution in [1.29, 1.82) is 0 Å². The third kappa shape index (κ3) is 7.07. The third-order valence-electron chi connectivity index (χ3n) is 4.52. The minimum Gasteiger partial charge on any atom is -0.381 e. The summed E-state index contributed by atoms with van der Waals surface area (Å²) in [7, 11) is -1.62. The molecule has 2 rings (SSSR count). The first-order valence-electron chi connectivity index (χ1n) is 10.0. The van der Waals surface area contributed by atoms with Crippen LogP contribution >= 0.6 is 0 Å². The number of nitrogens with one attached hydrogen (secondary N) is 2. The van der Waals surface area contributed by atoms with Gasteiger partial charge in [0.2, 0.25) is 10.0 Å². The number of aliphatic imine (C=N–C) groups is 1. The van der Waals surface area contributed by atoms with E-state index in [-0.39, 0.29) is 0 Å². The Balaban J connectivity index is 1.75. The second kappa shape index (κ2) is 11.4.